The third-order valence-electron chi connectivity index (χ3n) is 3.63. The standard InChI is InChI=1S/C16H22N2O3S/c1-4-6-7-8-21-16(20)11(3)18-10-17-14-13(15(18)19)9-12(5-2)22-14/h9-11H,4-8H2,1-3H3/t11-/m1/s1. The number of aromatic nitrogens is 2. The van der Waals surface area contributed by atoms with Crippen molar-refractivity contribution in [1.29, 1.82) is 0 Å². The van der Waals surface area contributed by atoms with Crippen molar-refractivity contribution in [2.75, 3.05) is 6.61 Å². The monoisotopic (exact) mass is 322 g/mol. The highest BCUT2D eigenvalue weighted by Crippen LogP contribution is 2.21. The number of carbonyl (C=O) groups excluding carboxylic acids is 1. The van der Waals surface area contributed by atoms with Gasteiger partial charge in [-0.1, -0.05) is 26.7 Å². The lowest BCUT2D eigenvalue weighted by molar-refractivity contribution is -0.147. The average molecular weight is 322 g/mol. The maximum absolute atomic E-state index is 12.5. The van der Waals surface area contributed by atoms with Gasteiger partial charge in [0.2, 0.25) is 0 Å². The fourth-order valence-electron chi connectivity index (χ4n) is 2.20. The molecule has 22 heavy (non-hydrogen) atoms. The highest BCUT2D eigenvalue weighted by atomic mass is 32.1. The SMILES string of the molecule is CCCCCOC(=O)[C@@H](C)n1cnc2sc(CC)cc2c1=O. The van der Waals surface area contributed by atoms with Gasteiger partial charge in [0.1, 0.15) is 10.9 Å². The third kappa shape index (κ3) is 3.55. The Balaban J connectivity index is 2.17. The average Bonchev–Trinajstić information content (AvgIpc) is 2.95. The number of hydrogen-bond acceptors (Lipinski definition) is 5. The van der Waals surface area contributed by atoms with Crippen LogP contribution in [0, 0.1) is 0 Å². The zero-order chi connectivity index (χ0) is 16.1. The van der Waals surface area contributed by atoms with Gasteiger partial charge in [-0.05, 0) is 25.8 Å². The smallest absolute Gasteiger partial charge is 0.328 e. The van der Waals surface area contributed by atoms with Gasteiger partial charge in [0, 0.05) is 4.88 Å². The van der Waals surface area contributed by atoms with Crippen molar-refractivity contribution in [1.82, 2.24) is 9.55 Å². The van der Waals surface area contributed by atoms with E-state index in [0.717, 1.165) is 35.4 Å². The number of thiophene rings is 1. The second-order valence-electron chi connectivity index (χ2n) is 5.29. The lowest BCUT2D eigenvalue weighted by atomic mass is 10.2. The summed E-state index contributed by atoms with van der Waals surface area (Å²) in [5, 5.41) is 0.579. The summed E-state index contributed by atoms with van der Waals surface area (Å²) in [5.74, 6) is -0.384. The molecule has 0 radical (unpaired) electrons. The van der Waals surface area contributed by atoms with Gasteiger partial charge in [-0.15, -0.1) is 11.3 Å². The van der Waals surface area contributed by atoms with Gasteiger partial charge in [-0.2, -0.15) is 0 Å². The molecule has 0 N–H and O–H groups in total. The molecule has 0 amide bonds. The van der Waals surface area contributed by atoms with E-state index in [2.05, 4.69) is 11.9 Å². The molecule has 2 aromatic heterocycles. The molecule has 5 nitrogen and oxygen atoms in total. The summed E-state index contributed by atoms with van der Waals surface area (Å²) in [4.78, 5) is 30.7. The molecular formula is C16H22N2O3S. The molecule has 0 fully saturated rings. The Morgan fingerprint density at radius 2 is 2.18 bits per heavy atom. The maximum atomic E-state index is 12.5. The van der Waals surface area contributed by atoms with Crippen molar-refractivity contribution >= 4 is 27.5 Å². The Labute approximate surface area is 133 Å². The summed E-state index contributed by atoms with van der Waals surface area (Å²) in [6.07, 6.45) is 5.27. The molecule has 0 saturated heterocycles. The van der Waals surface area contributed by atoms with Crippen molar-refractivity contribution < 1.29 is 9.53 Å². The van der Waals surface area contributed by atoms with Crippen molar-refractivity contribution in [2.45, 2.75) is 52.5 Å². The Hall–Kier alpha value is -1.69. The molecule has 0 aliphatic rings. The maximum Gasteiger partial charge on any atom is 0.328 e. The first-order chi connectivity index (χ1) is 10.6. The molecule has 0 aromatic carbocycles. The van der Waals surface area contributed by atoms with Crippen LogP contribution in [0.15, 0.2) is 17.2 Å². The first-order valence-electron chi connectivity index (χ1n) is 7.74. The van der Waals surface area contributed by atoms with Crippen LogP contribution in [-0.2, 0) is 16.0 Å². The van der Waals surface area contributed by atoms with Gasteiger partial charge >= 0.3 is 5.97 Å². The number of rotatable bonds is 7. The molecule has 0 bridgehead atoms. The van der Waals surface area contributed by atoms with Crippen LogP contribution in [-0.4, -0.2) is 22.1 Å². The van der Waals surface area contributed by atoms with Crippen molar-refractivity contribution in [3.8, 4) is 0 Å². The summed E-state index contributed by atoms with van der Waals surface area (Å²) in [6, 6.07) is 1.21. The fraction of sp³-hybridized carbons (Fsp3) is 0.562. The number of fused-ring (bicyclic) bond motifs is 1. The van der Waals surface area contributed by atoms with E-state index in [-0.39, 0.29) is 11.5 Å². The molecule has 2 heterocycles. The lowest BCUT2D eigenvalue weighted by Crippen LogP contribution is -2.29. The van der Waals surface area contributed by atoms with Gasteiger partial charge in [0.15, 0.2) is 0 Å². The van der Waals surface area contributed by atoms with Crippen LogP contribution in [0.5, 0.6) is 0 Å². The van der Waals surface area contributed by atoms with Crippen LogP contribution in [0.2, 0.25) is 0 Å². The number of carbonyl (C=O) groups is 1. The van der Waals surface area contributed by atoms with E-state index < -0.39 is 6.04 Å². The highest BCUT2D eigenvalue weighted by molar-refractivity contribution is 7.18. The minimum Gasteiger partial charge on any atom is -0.464 e. The first kappa shape index (κ1) is 16.7. The minimum absolute atomic E-state index is 0.182. The molecule has 0 aliphatic heterocycles. The molecule has 0 saturated carbocycles. The second-order valence-corrected chi connectivity index (χ2v) is 6.41. The van der Waals surface area contributed by atoms with E-state index in [1.54, 1.807) is 6.92 Å². The Morgan fingerprint density at radius 3 is 2.86 bits per heavy atom. The van der Waals surface area contributed by atoms with Gasteiger partial charge in [0.05, 0.1) is 18.3 Å². The summed E-state index contributed by atoms with van der Waals surface area (Å²) in [7, 11) is 0. The normalized spacial score (nSPS) is 12.5. The van der Waals surface area contributed by atoms with Crippen LogP contribution < -0.4 is 5.56 Å². The Bertz CT molecular complexity index is 705. The fourth-order valence-corrected chi connectivity index (χ4v) is 3.12. The molecular weight excluding hydrogens is 300 g/mol. The minimum atomic E-state index is -0.656. The number of hydrogen-bond donors (Lipinski definition) is 0. The first-order valence-corrected chi connectivity index (χ1v) is 8.56. The molecule has 6 heteroatoms. The third-order valence-corrected chi connectivity index (χ3v) is 4.81. The zero-order valence-electron chi connectivity index (χ0n) is 13.3. The number of aryl methyl sites for hydroxylation is 1. The van der Waals surface area contributed by atoms with Gasteiger partial charge in [-0.3, -0.25) is 9.36 Å². The van der Waals surface area contributed by atoms with E-state index in [4.69, 9.17) is 4.74 Å². The summed E-state index contributed by atoms with van der Waals surface area (Å²) < 4.78 is 6.59. The van der Waals surface area contributed by atoms with Crippen LogP contribution in [0.3, 0.4) is 0 Å². The van der Waals surface area contributed by atoms with Crippen LogP contribution >= 0.6 is 11.3 Å². The molecule has 120 valence electrons. The molecule has 0 spiro atoms. The summed E-state index contributed by atoms with van der Waals surface area (Å²) >= 11 is 1.52. The van der Waals surface area contributed by atoms with Crippen LogP contribution in [0.4, 0.5) is 0 Å². The van der Waals surface area contributed by atoms with Crippen molar-refractivity contribution in [3.63, 3.8) is 0 Å². The molecule has 1 atom stereocenters. The highest BCUT2D eigenvalue weighted by Gasteiger charge is 2.19. The topological polar surface area (TPSA) is 61.2 Å². The predicted molar refractivity (Wildman–Crippen MR) is 88.5 cm³/mol. The van der Waals surface area contributed by atoms with Gasteiger partial charge < -0.3 is 4.74 Å². The van der Waals surface area contributed by atoms with E-state index in [1.807, 2.05) is 13.0 Å². The number of nitrogens with zero attached hydrogens (tertiary/aromatic N) is 2. The predicted octanol–water partition coefficient (Wildman–Crippen LogP) is 3.31. The van der Waals surface area contributed by atoms with Crippen molar-refractivity contribution in [2.24, 2.45) is 0 Å². The molecule has 0 unspecified atom stereocenters. The van der Waals surface area contributed by atoms with Gasteiger partial charge in [-0.25, -0.2) is 9.78 Å². The Morgan fingerprint density at radius 1 is 1.41 bits per heavy atom. The molecule has 0 aliphatic carbocycles. The summed E-state index contributed by atoms with van der Waals surface area (Å²) in [6.45, 7) is 6.21. The number of esters is 1. The Kier molecular flexibility index (Phi) is 5.71. The number of ether oxygens (including phenoxy) is 1. The van der Waals surface area contributed by atoms with Gasteiger partial charge in [0.25, 0.3) is 5.56 Å². The van der Waals surface area contributed by atoms with E-state index in [9.17, 15) is 9.59 Å². The second kappa shape index (κ2) is 7.54. The molecule has 2 rings (SSSR count). The summed E-state index contributed by atoms with van der Waals surface area (Å²) in [5.41, 5.74) is -0.182. The largest absolute Gasteiger partial charge is 0.464 e. The number of unbranched alkanes of at least 4 members (excludes halogenated alkanes) is 2. The molecule has 2 aromatic rings. The van der Waals surface area contributed by atoms with Crippen LogP contribution in [0.25, 0.3) is 10.2 Å². The van der Waals surface area contributed by atoms with E-state index in [0.29, 0.717) is 12.0 Å². The van der Waals surface area contributed by atoms with Crippen molar-refractivity contribution in [3.05, 3.63) is 27.6 Å². The lowest BCUT2D eigenvalue weighted by Gasteiger charge is -2.13. The van der Waals surface area contributed by atoms with E-state index in [1.165, 1.54) is 22.2 Å². The zero-order valence-corrected chi connectivity index (χ0v) is 14.1. The quantitative estimate of drug-likeness (QED) is 0.579. The van der Waals surface area contributed by atoms with Crippen LogP contribution in [0.1, 0.15) is 51.0 Å². The van der Waals surface area contributed by atoms with E-state index >= 15 is 0 Å².